The average molecular weight is 373 g/mol. The Morgan fingerprint density at radius 3 is 2.27 bits per heavy atom. The number of hydrogen-bond acceptors (Lipinski definition) is 5. The molecule has 0 unspecified atom stereocenters. The molecule has 6 nitrogen and oxygen atoms in total. The number of halogens is 1. The van der Waals surface area contributed by atoms with Gasteiger partial charge in [0.15, 0.2) is 0 Å². The highest BCUT2D eigenvalue weighted by Gasteiger charge is 2.37. The summed E-state index contributed by atoms with van der Waals surface area (Å²) in [7, 11) is 4.51. The van der Waals surface area contributed by atoms with Gasteiger partial charge in [-0.1, -0.05) is 23.7 Å². The molecular weight excluding hydrogens is 356 g/mol. The second-order valence-electron chi connectivity index (χ2n) is 5.62. The fourth-order valence-electron chi connectivity index (χ4n) is 2.68. The van der Waals surface area contributed by atoms with Crippen molar-refractivity contribution in [1.82, 2.24) is 4.90 Å². The first-order valence-corrected chi connectivity index (χ1v) is 8.15. The molecule has 0 saturated carbocycles. The summed E-state index contributed by atoms with van der Waals surface area (Å²) in [6.45, 7) is 0. The van der Waals surface area contributed by atoms with Crippen molar-refractivity contribution in [3.63, 3.8) is 0 Å². The van der Waals surface area contributed by atoms with Crippen molar-refractivity contribution < 1.29 is 19.1 Å². The van der Waals surface area contributed by atoms with Crippen molar-refractivity contribution >= 4 is 34.7 Å². The highest BCUT2D eigenvalue weighted by molar-refractivity contribution is 6.36. The van der Waals surface area contributed by atoms with Gasteiger partial charge in [-0.25, -0.2) is 0 Å². The van der Waals surface area contributed by atoms with Crippen LogP contribution in [0.1, 0.15) is 5.56 Å². The number of rotatable bonds is 5. The van der Waals surface area contributed by atoms with Crippen molar-refractivity contribution in [2.75, 3.05) is 26.6 Å². The Balaban J connectivity index is 2.08. The molecule has 134 valence electrons. The molecule has 0 atom stereocenters. The molecule has 0 bridgehead atoms. The van der Waals surface area contributed by atoms with Crippen LogP contribution in [-0.4, -0.2) is 38.0 Å². The Bertz CT molecular complexity index is 906. The minimum atomic E-state index is -0.419. The number of carbonyl (C=O) groups excluding carboxylic acids is 2. The van der Waals surface area contributed by atoms with Crippen molar-refractivity contribution in [1.29, 1.82) is 0 Å². The topological polar surface area (TPSA) is 67.9 Å². The quantitative estimate of drug-likeness (QED) is 0.816. The van der Waals surface area contributed by atoms with Gasteiger partial charge in [-0.3, -0.25) is 14.5 Å². The number of hydrogen-bond donors (Lipinski definition) is 1. The SMILES string of the molecule is COc1ccc(NC2=C(c3ccc(Cl)cc3)C(=O)N(C)C2=O)c(OC)c1. The molecule has 7 heteroatoms. The maximum atomic E-state index is 12.6. The third-order valence-electron chi connectivity index (χ3n) is 4.09. The van der Waals surface area contributed by atoms with Crippen molar-refractivity contribution in [3.05, 3.63) is 58.7 Å². The van der Waals surface area contributed by atoms with Crippen LogP contribution in [0.4, 0.5) is 5.69 Å². The number of nitrogens with one attached hydrogen (secondary N) is 1. The number of ether oxygens (including phenoxy) is 2. The second-order valence-corrected chi connectivity index (χ2v) is 6.05. The number of nitrogens with zero attached hydrogens (tertiary/aromatic N) is 1. The monoisotopic (exact) mass is 372 g/mol. The molecule has 1 N–H and O–H groups in total. The first kappa shape index (κ1) is 17.8. The summed E-state index contributed by atoms with van der Waals surface area (Å²) in [6, 6.07) is 11.9. The van der Waals surface area contributed by atoms with Crippen LogP contribution in [0.25, 0.3) is 5.57 Å². The maximum Gasteiger partial charge on any atom is 0.277 e. The molecule has 2 amide bonds. The Hall–Kier alpha value is -2.99. The summed E-state index contributed by atoms with van der Waals surface area (Å²) in [6.07, 6.45) is 0. The first-order valence-electron chi connectivity index (χ1n) is 7.78. The smallest absolute Gasteiger partial charge is 0.277 e. The van der Waals surface area contributed by atoms with E-state index in [9.17, 15) is 9.59 Å². The normalized spacial score (nSPS) is 14.1. The third-order valence-corrected chi connectivity index (χ3v) is 4.34. The zero-order valence-corrected chi connectivity index (χ0v) is 15.3. The molecule has 0 spiro atoms. The highest BCUT2D eigenvalue weighted by atomic mass is 35.5. The van der Waals surface area contributed by atoms with Gasteiger partial charge in [0.1, 0.15) is 17.2 Å². The fourth-order valence-corrected chi connectivity index (χ4v) is 2.80. The van der Waals surface area contributed by atoms with E-state index in [1.807, 2.05) is 0 Å². The standard InChI is InChI=1S/C19H17ClN2O4/c1-22-18(23)16(11-4-6-12(20)7-5-11)17(19(22)24)21-14-9-8-13(25-2)10-15(14)26-3/h4-10,21H,1-3H3. The lowest BCUT2D eigenvalue weighted by molar-refractivity contribution is -0.135. The van der Waals surface area contributed by atoms with Gasteiger partial charge in [0.05, 0.1) is 25.5 Å². The van der Waals surface area contributed by atoms with E-state index in [0.29, 0.717) is 27.8 Å². The predicted molar refractivity (Wildman–Crippen MR) is 99.3 cm³/mol. The zero-order chi connectivity index (χ0) is 18.8. The Morgan fingerprint density at radius 2 is 1.65 bits per heavy atom. The minimum absolute atomic E-state index is 0.184. The predicted octanol–water partition coefficient (Wildman–Crippen LogP) is 3.18. The van der Waals surface area contributed by atoms with E-state index in [2.05, 4.69) is 5.32 Å². The number of imide groups is 1. The number of amides is 2. The number of methoxy groups -OCH3 is 2. The molecule has 3 rings (SSSR count). The van der Waals surface area contributed by atoms with Gasteiger partial charge < -0.3 is 14.8 Å². The third kappa shape index (κ3) is 3.11. The molecule has 0 fully saturated rings. The lowest BCUT2D eigenvalue weighted by Crippen LogP contribution is -2.27. The molecular formula is C19H17ClN2O4. The van der Waals surface area contributed by atoms with E-state index in [1.54, 1.807) is 49.6 Å². The Morgan fingerprint density at radius 1 is 0.962 bits per heavy atom. The summed E-state index contributed by atoms with van der Waals surface area (Å²) in [5, 5.41) is 3.59. The van der Waals surface area contributed by atoms with Crippen molar-refractivity contribution in [3.8, 4) is 11.5 Å². The second kappa shape index (κ2) is 7.09. The zero-order valence-electron chi connectivity index (χ0n) is 14.5. The average Bonchev–Trinajstić information content (AvgIpc) is 2.87. The molecule has 0 aromatic heterocycles. The molecule has 0 radical (unpaired) electrons. The maximum absolute atomic E-state index is 12.6. The summed E-state index contributed by atoms with van der Waals surface area (Å²) >= 11 is 5.92. The number of benzene rings is 2. The summed E-state index contributed by atoms with van der Waals surface area (Å²) in [5.74, 6) is 0.303. The van der Waals surface area contributed by atoms with Gasteiger partial charge in [-0.15, -0.1) is 0 Å². The van der Waals surface area contributed by atoms with Crippen LogP contribution in [0.15, 0.2) is 48.2 Å². The first-order chi connectivity index (χ1) is 12.5. The molecule has 1 aliphatic heterocycles. The molecule has 0 saturated heterocycles. The van der Waals surface area contributed by atoms with E-state index >= 15 is 0 Å². The summed E-state index contributed by atoms with van der Waals surface area (Å²) in [4.78, 5) is 26.2. The van der Waals surface area contributed by atoms with Crippen LogP contribution < -0.4 is 14.8 Å². The van der Waals surface area contributed by atoms with Crippen LogP contribution in [0, 0.1) is 0 Å². The molecule has 26 heavy (non-hydrogen) atoms. The van der Waals surface area contributed by atoms with Gasteiger partial charge in [0.2, 0.25) is 0 Å². The number of likely N-dealkylation sites (N-methyl/N-ethyl adjacent to an activating group) is 1. The summed E-state index contributed by atoms with van der Waals surface area (Å²) < 4.78 is 10.5. The van der Waals surface area contributed by atoms with E-state index in [4.69, 9.17) is 21.1 Å². The molecule has 1 aliphatic rings. The number of carbonyl (C=O) groups is 2. The lowest BCUT2D eigenvalue weighted by atomic mass is 10.0. The van der Waals surface area contributed by atoms with Crippen molar-refractivity contribution in [2.24, 2.45) is 0 Å². The van der Waals surface area contributed by atoms with Crippen LogP contribution in [0.2, 0.25) is 5.02 Å². The van der Waals surface area contributed by atoms with E-state index in [1.165, 1.54) is 14.2 Å². The van der Waals surface area contributed by atoms with Crippen LogP contribution in [0.3, 0.4) is 0 Å². The Kier molecular flexibility index (Phi) is 4.86. The molecule has 0 aliphatic carbocycles. The molecule has 2 aromatic rings. The van der Waals surface area contributed by atoms with Gasteiger partial charge in [0, 0.05) is 18.1 Å². The van der Waals surface area contributed by atoms with Crippen LogP contribution >= 0.6 is 11.6 Å². The fraction of sp³-hybridized carbons (Fsp3) is 0.158. The van der Waals surface area contributed by atoms with Crippen molar-refractivity contribution in [2.45, 2.75) is 0 Å². The van der Waals surface area contributed by atoms with E-state index in [-0.39, 0.29) is 17.2 Å². The molecule has 1 heterocycles. The highest BCUT2D eigenvalue weighted by Crippen LogP contribution is 2.34. The summed E-state index contributed by atoms with van der Waals surface area (Å²) in [5.41, 5.74) is 1.62. The largest absolute Gasteiger partial charge is 0.497 e. The Labute approximate surface area is 156 Å². The minimum Gasteiger partial charge on any atom is -0.497 e. The van der Waals surface area contributed by atoms with Crippen LogP contribution in [-0.2, 0) is 9.59 Å². The van der Waals surface area contributed by atoms with E-state index in [0.717, 1.165) is 4.90 Å². The number of anilines is 1. The lowest BCUT2D eigenvalue weighted by Gasteiger charge is -2.13. The molecule has 2 aromatic carbocycles. The van der Waals surface area contributed by atoms with Gasteiger partial charge in [-0.2, -0.15) is 0 Å². The van der Waals surface area contributed by atoms with Gasteiger partial charge >= 0.3 is 0 Å². The van der Waals surface area contributed by atoms with Crippen LogP contribution in [0.5, 0.6) is 11.5 Å². The van der Waals surface area contributed by atoms with Gasteiger partial charge in [0.25, 0.3) is 11.8 Å². The van der Waals surface area contributed by atoms with E-state index < -0.39 is 5.91 Å². The van der Waals surface area contributed by atoms with Gasteiger partial charge in [-0.05, 0) is 29.8 Å².